The van der Waals surface area contributed by atoms with Gasteiger partial charge < -0.3 is 20.3 Å². The molecule has 36 heavy (non-hydrogen) atoms. The van der Waals surface area contributed by atoms with Crippen LogP contribution in [0.15, 0.2) is 42.6 Å². The molecule has 2 saturated carbocycles. The van der Waals surface area contributed by atoms with E-state index in [4.69, 9.17) is 16.3 Å². The van der Waals surface area contributed by atoms with E-state index >= 15 is 0 Å². The lowest BCUT2D eigenvalue weighted by molar-refractivity contribution is -0.145. The van der Waals surface area contributed by atoms with Crippen molar-refractivity contribution in [3.63, 3.8) is 0 Å². The van der Waals surface area contributed by atoms with Crippen molar-refractivity contribution in [1.29, 1.82) is 0 Å². The SMILES string of the molecule is CCCC1CC(NC(=O)C2(Oc3ccc(Cl)cc3)CCC2)CCN1c1ccc(C(=O)NC2CC2)cn1. The maximum absolute atomic E-state index is 13.4. The number of carbonyl (C=O) groups is 2. The highest BCUT2D eigenvalue weighted by atomic mass is 35.5. The number of hydrogen-bond donors (Lipinski definition) is 2. The third-order valence-corrected chi connectivity index (χ3v) is 7.84. The van der Waals surface area contributed by atoms with E-state index in [9.17, 15) is 9.59 Å². The van der Waals surface area contributed by atoms with Gasteiger partial charge in [-0.15, -0.1) is 0 Å². The van der Waals surface area contributed by atoms with Gasteiger partial charge in [0.25, 0.3) is 11.8 Å². The third-order valence-electron chi connectivity index (χ3n) is 7.59. The molecule has 3 fully saturated rings. The number of ether oxygens (including phenoxy) is 1. The third kappa shape index (κ3) is 5.61. The van der Waals surface area contributed by atoms with Crippen molar-refractivity contribution in [2.75, 3.05) is 11.4 Å². The molecule has 1 aliphatic heterocycles. The molecule has 2 unspecified atom stereocenters. The molecule has 0 radical (unpaired) electrons. The van der Waals surface area contributed by atoms with Gasteiger partial charge in [-0.3, -0.25) is 9.59 Å². The first-order valence-electron chi connectivity index (χ1n) is 13.2. The molecule has 2 amide bonds. The van der Waals surface area contributed by atoms with Gasteiger partial charge in [-0.25, -0.2) is 4.98 Å². The van der Waals surface area contributed by atoms with Crippen molar-refractivity contribution in [2.45, 2.75) is 88.4 Å². The van der Waals surface area contributed by atoms with E-state index in [-0.39, 0.29) is 23.9 Å². The van der Waals surface area contributed by atoms with Crippen LogP contribution in [-0.2, 0) is 4.79 Å². The standard InChI is InChI=1S/C28H35ClN4O3/c1-2-4-23-17-22(32-27(35)28(14-3-15-28)36-24-10-6-20(29)7-11-24)13-16-33(23)25-12-5-19(18-30-25)26(34)31-21-8-9-21/h5-7,10-12,18,21-23H,2-4,8-9,13-17H2,1H3,(H,31,34)(H,32,35). The summed E-state index contributed by atoms with van der Waals surface area (Å²) < 4.78 is 6.20. The molecule has 2 N–H and O–H groups in total. The molecule has 2 atom stereocenters. The molecule has 8 heteroatoms. The second-order valence-corrected chi connectivity index (χ2v) is 10.8. The van der Waals surface area contributed by atoms with Gasteiger partial charge in [0.2, 0.25) is 0 Å². The highest BCUT2D eigenvalue weighted by Gasteiger charge is 2.47. The number of anilines is 1. The molecule has 3 aliphatic rings. The smallest absolute Gasteiger partial charge is 0.264 e. The van der Waals surface area contributed by atoms with E-state index in [2.05, 4.69) is 27.4 Å². The summed E-state index contributed by atoms with van der Waals surface area (Å²) in [6.45, 7) is 2.99. The molecule has 2 heterocycles. The van der Waals surface area contributed by atoms with Crippen molar-refractivity contribution in [2.24, 2.45) is 0 Å². The summed E-state index contributed by atoms with van der Waals surface area (Å²) >= 11 is 6.00. The number of hydrogen-bond acceptors (Lipinski definition) is 5. The molecule has 1 aromatic carbocycles. The largest absolute Gasteiger partial charge is 0.477 e. The van der Waals surface area contributed by atoms with E-state index in [0.717, 1.165) is 70.2 Å². The molecule has 192 valence electrons. The first-order chi connectivity index (χ1) is 17.5. The van der Waals surface area contributed by atoms with Crippen molar-refractivity contribution < 1.29 is 14.3 Å². The Balaban J connectivity index is 1.21. The number of piperidine rings is 1. The number of aromatic nitrogens is 1. The normalized spacial score (nSPS) is 22.9. The van der Waals surface area contributed by atoms with E-state index < -0.39 is 5.60 Å². The van der Waals surface area contributed by atoms with Crippen molar-refractivity contribution >= 4 is 29.2 Å². The Morgan fingerprint density at radius 1 is 1.08 bits per heavy atom. The quantitative estimate of drug-likeness (QED) is 0.502. The van der Waals surface area contributed by atoms with E-state index in [1.807, 2.05) is 24.3 Å². The highest BCUT2D eigenvalue weighted by molar-refractivity contribution is 6.30. The van der Waals surface area contributed by atoms with Crippen LogP contribution in [0.25, 0.3) is 0 Å². The van der Waals surface area contributed by atoms with Crippen LogP contribution in [0.1, 0.15) is 75.1 Å². The van der Waals surface area contributed by atoms with Crippen LogP contribution in [0.5, 0.6) is 5.75 Å². The number of benzene rings is 1. The molecule has 7 nitrogen and oxygen atoms in total. The number of pyridine rings is 1. The van der Waals surface area contributed by atoms with Gasteiger partial charge in [-0.05, 0) is 87.8 Å². The van der Waals surface area contributed by atoms with Gasteiger partial charge in [0.15, 0.2) is 5.60 Å². The van der Waals surface area contributed by atoms with Crippen LogP contribution in [0.2, 0.25) is 5.02 Å². The molecular formula is C28H35ClN4O3. The fourth-order valence-corrected chi connectivity index (χ4v) is 5.32. The van der Waals surface area contributed by atoms with Gasteiger partial charge in [-0.2, -0.15) is 0 Å². The summed E-state index contributed by atoms with van der Waals surface area (Å²) in [6, 6.07) is 11.7. The molecule has 0 spiro atoms. The van der Waals surface area contributed by atoms with Crippen LogP contribution >= 0.6 is 11.6 Å². The van der Waals surface area contributed by atoms with Gasteiger partial charge in [0.1, 0.15) is 11.6 Å². The Morgan fingerprint density at radius 3 is 2.47 bits per heavy atom. The fraction of sp³-hybridized carbons (Fsp3) is 0.536. The monoisotopic (exact) mass is 510 g/mol. The number of halogens is 1. The molecular weight excluding hydrogens is 476 g/mol. The zero-order valence-corrected chi connectivity index (χ0v) is 21.6. The zero-order valence-electron chi connectivity index (χ0n) is 20.8. The minimum atomic E-state index is -0.788. The summed E-state index contributed by atoms with van der Waals surface area (Å²) in [7, 11) is 0. The molecule has 0 bridgehead atoms. The Labute approximate surface area is 217 Å². The van der Waals surface area contributed by atoms with Crippen LogP contribution in [0.4, 0.5) is 5.82 Å². The Hall–Kier alpha value is -2.80. The zero-order chi connectivity index (χ0) is 25.1. The lowest BCUT2D eigenvalue weighted by Gasteiger charge is -2.44. The van der Waals surface area contributed by atoms with Gasteiger partial charge in [0, 0.05) is 35.9 Å². The maximum Gasteiger partial charge on any atom is 0.264 e. The summed E-state index contributed by atoms with van der Waals surface area (Å²) in [5.41, 5.74) is -0.185. The van der Waals surface area contributed by atoms with Crippen molar-refractivity contribution in [3.05, 3.63) is 53.2 Å². The van der Waals surface area contributed by atoms with Crippen LogP contribution < -0.4 is 20.3 Å². The second-order valence-electron chi connectivity index (χ2n) is 10.4. The average Bonchev–Trinajstić information content (AvgIpc) is 3.67. The lowest BCUT2D eigenvalue weighted by atomic mass is 9.78. The van der Waals surface area contributed by atoms with Gasteiger partial charge in [-0.1, -0.05) is 24.9 Å². The van der Waals surface area contributed by atoms with E-state index in [1.54, 1.807) is 18.3 Å². The highest BCUT2D eigenvalue weighted by Crippen LogP contribution is 2.38. The minimum absolute atomic E-state index is 0.0125. The van der Waals surface area contributed by atoms with Crippen molar-refractivity contribution in [3.8, 4) is 5.75 Å². The predicted octanol–water partition coefficient (Wildman–Crippen LogP) is 4.88. The fourth-order valence-electron chi connectivity index (χ4n) is 5.20. The second kappa shape index (κ2) is 10.7. The Bertz CT molecular complexity index is 1070. The van der Waals surface area contributed by atoms with Gasteiger partial charge in [0.05, 0.1) is 5.56 Å². The summed E-state index contributed by atoms with van der Waals surface area (Å²) in [6.07, 6.45) is 10.0. The number of amides is 2. The Kier molecular flexibility index (Phi) is 7.37. The number of nitrogens with zero attached hydrogens (tertiary/aromatic N) is 2. The number of rotatable bonds is 9. The maximum atomic E-state index is 13.4. The molecule has 1 aromatic heterocycles. The molecule has 2 aromatic rings. The van der Waals surface area contributed by atoms with Crippen molar-refractivity contribution in [1.82, 2.24) is 15.6 Å². The molecule has 2 aliphatic carbocycles. The van der Waals surface area contributed by atoms with E-state index in [1.165, 1.54) is 0 Å². The number of carbonyl (C=O) groups excluding carboxylic acids is 2. The molecule has 5 rings (SSSR count). The van der Waals surface area contributed by atoms with Gasteiger partial charge >= 0.3 is 0 Å². The minimum Gasteiger partial charge on any atom is -0.477 e. The van der Waals surface area contributed by atoms with E-state index in [0.29, 0.717) is 22.4 Å². The topological polar surface area (TPSA) is 83.6 Å². The van der Waals surface area contributed by atoms with Crippen LogP contribution in [0, 0.1) is 0 Å². The Morgan fingerprint density at radius 2 is 1.86 bits per heavy atom. The summed E-state index contributed by atoms with van der Waals surface area (Å²) in [5.74, 6) is 1.51. The lowest BCUT2D eigenvalue weighted by Crippen LogP contribution is -2.60. The first-order valence-corrected chi connectivity index (χ1v) is 13.6. The summed E-state index contributed by atoms with van der Waals surface area (Å²) in [5, 5.41) is 6.97. The van der Waals surface area contributed by atoms with Crippen LogP contribution in [0.3, 0.4) is 0 Å². The number of nitrogens with one attached hydrogen (secondary N) is 2. The molecule has 1 saturated heterocycles. The summed E-state index contributed by atoms with van der Waals surface area (Å²) in [4.78, 5) is 32.6. The first kappa shape index (κ1) is 24.9. The average molecular weight is 511 g/mol. The van der Waals surface area contributed by atoms with Crippen LogP contribution in [-0.4, -0.2) is 47.1 Å². The predicted molar refractivity (Wildman–Crippen MR) is 141 cm³/mol.